The molecule has 1 aliphatic heterocycles. The van der Waals surface area contributed by atoms with Crippen LogP contribution in [0.5, 0.6) is 5.75 Å². The third-order valence-corrected chi connectivity index (χ3v) is 3.33. The average molecular weight is 278 g/mol. The molecule has 0 radical (unpaired) electrons. The lowest BCUT2D eigenvalue weighted by atomic mass is 10.1. The van der Waals surface area contributed by atoms with Crippen LogP contribution in [0.25, 0.3) is 0 Å². The number of ether oxygens (including phenoxy) is 1. The summed E-state index contributed by atoms with van der Waals surface area (Å²) in [4.78, 5) is 12.4. The number of nitrogens with one attached hydrogen (secondary N) is 1. The fraction of sp³-hybridized carbons (Fsp3) is 0.231. The van der Waals surface area contributed by atoms with Crippen molar-refractivity contribution < 1.29 is 9.53 Å². The third-order valence-electron chi connectivity index (χ3n) is 3.05. The number of hydrogen-bond donors (Lipinski definition) is 1. The lowest BCUT2D eigenvalue weighted by molar-refractivity contribution is 0.0791. The van der Waals surface area contributed by atoms with Gasteiger partial charge in [0.2, 0.25) is 5.78 Å². The van der Waals surface area contributed by atoms with Gasteiger partial charge in [-0.05, 0) is 12.1 Å². The van der Waals surface area contributed by atoms with Crippen LogP contribution in [0.1, 0.15) is 10.5 Å². The number of hydrogen-bond acceptors (Lipinski definition) is 4. The number of fused-ring (bicyclic) bond motifs is 1. The Morgan fingerprint density at radius 3 is 3.05 bits per heavy atom. The summed E-state index contributed by atoms with van der Waals surface area (Å²) in [6.07, 6.45) is 0.863. The predicted molar refractivity (Wildman–Crippen MR) is 71.9 cm³/mol. The number of benzene rings is 1. The van der Waals surface area contributed by atoms with Crippen LogP contribution in [-0.2, 0) is 7.05 Å². The van der Waals surface area contributed by atoms with Crippen LogP contribution in [0, 0.1) is 0 Å². The summed E-state index contributed by atoms with van der Waals surface area (Å²) >= 11 is 5.98. The van der Waals surface area contributed by atoms with Crippen molar-refractivity contribution in [1.29, 1.82) is 0 Å². The summed E-state index contributed by atoms with van der Waals surface area (Å²) in [5.41, 5.74) is 1.26. The van der Waals surface area contributed by atoms with Gasteiger partial charge in [-0.3, -0.25) is 9.48 Å². The van der Waals surface area contributed by atoms with E-state index in [-0.39, 0.29) is 5.78 Å². The molecule has 19 heavy (non-hydrogen) atoms. The molecule has 0 fully saturated rings. The molecule has 0 saturated heterocycles. The molecular formula is C13H12ClN3O2. The van der Waals surface area contributed by atoms with Crippen molar-refractivity contribution in [3.8, 4) is 5.75 Å². The van der Waals surface area contributed by atoms with E-state index in [9.17, 15) is 4.79 Å². The van der Waals surface area contributed by atoms with E-state index in [4.69, 9.17) is 16.3 Å². The number of nitrogens with zero attached hydrogens (tertiary/aromatic N) is 2. The number of aromatic nitrogens is 2. The van der Waals surface area contributed by atoms with E-state index in [0.717, 1.165) is 5.69 Å². The molecule has 1 N–H and O–H groups in total. The Morgan fingerprint density at radius 2 is 2.32 bits per heavy atom. The quantitative estimate of drug-likeness (QED) is 0.855. The Labute approximate surface area is 115 Å². The molecule has 1 aromatic heterocycles. The van der Waals surface area contributed by atoms with Gasteiger partial charge >= 0.3 is 0 Å². The van der Waals surface area contributed by atoms with Gasteiger partial charge in [-0.15, -0.1) is 0 Å². The maximum absolute atomic E-state index is 12.4. The molecular weight excluding hydrogens is 266 g/mol. The SMILES string of the molecule is Cn1ncc(Cl)c1C(=O)C1CNc2ccccc2O1. The molecule has 1 aliphatic rings. The molecule has 0 aliphatic carbocycles. The van der Waals surface area contributed by atoms with Crippen molar-refractivity contribution in [2.24, 2.45) is 7.05 Å². The summed E-state index contributed by atoms with van der Waals surface area (Å²) in [6.45, 7) is 0.414. The van der Waals surface area contributed by atoms with Crippen molar-refractivity contribution in [3.05, 3.63) is 41.2 Å². The largest absolute Gasteiger partial charge is 0.478 e. The minimum absolute atomic E-state index is 0.174. The highest BCUT2D eigenvalue weighted by atomic mass is 35.5. The van der Waals surface area contributed by atoms with Crippen LogP contribution in [0.15, 0.2) is 30.5 Å². The fourth-order valence-corrected chi connectivity index (χ4v) is 2.36. The van der Waals surface area contributed by atoms with E-state index in [0.29, 0.717) is 23.0 Å². The van der Waals surface area contributed by atoms with E-state index >= 15 is 0 Å². The predicted octanol–water partition coefficient (Wildman–Crippen LogP) is 2.13. The molecule has 3 rings (SSSR count). The Hall–Kier alpha value is -2.01. The van der Waals surface area contributed by atoms with Gasteiger partial charge in [0.25, 0.3) is 0 Å². The van der Waals surface area contributed by atoms with E-state index in [2.05, 4.69) is 10.4 Å². The van der Waals surface area contributed by atoms with E-state index < -0.39 is 6.10 Å². The fourth-order valence-electron chi connectivity index (χ4n) is 2.10. The monoisotopic (exact) mass is 277 g/mol. The summed E-state index contributed by atoms with van der Waals surface area (Å²) in [5, 5.41) is 7.48. The first-order valence-corrected chi connectivity index (χ1v) is 6.26. The molecule has 1 atom stereocenters. The summed E-state index contributed by atoms with van der Waals surface area (Å²) in [5.74, 6) is 0.498. The summed E-state index contributed by atoms with van der Waals surface area (Å²) in [7, 11) is 1.68. The topological polar surface area (TPSA) is 56.2 Å². The van der Waals surface area contributed by atoms with Crippen molar-refractivity contribution in [2.75, 3.05) is 11.9 Å². The molecule has 98 valence electrons. The van der Waals surface area contributed by atoms with E-state index in [1.54, 1.807) is 7.05 Å². The minimum atomic E-state index is -0.595. The van der Waals surface area contributed by atoms with Gasteiger partial charge in [-0.1, -0.05) is 23.7 Å². The highest BCUT2D eigenvalue weighted by Crippen LogP contribution is 2.29. The van der Waals surface area contributed by atoms with Crippen LogP contribution in [0.2, 0.25) is 5.02 Å². The van der Waals surface area contributed by atoms with Crippen molar-refractivity contribution >= 4 is 23.1 Å². The Bertz CT molecular complexity index is 619. The van der Waals surface area contributed by atoms with Gasteiger partial charge in [0.15, 0.2) is 6.10 Å². The molecule has 1 aromatic carbocycles. The van der Waals surface area contributed by atoms with Gasteiger partial charge in [-0.2, -0.15) is 5.10 Å². The van der Waals surface area contributed by atoms with Crippen LogP contribution in [0.3, 0.4) is 0 Å². The zero-order valence-electron chi connectivity index (χ0n) is 10.3. The normalized spacial score (nSPS) is 17.3. The molecule has 6 heteroatoms. The number of carbonyl (C=O) groups excluding carboxylic acids is 1. The average Bonchev–Trinajstić information content (AvgIpc) is 2.77. The van der Waals surface area contributed by atoms with Crippen LogP contribution < -0.4 is 10.1 Å². The zero-order valence-corrected chi connectivity index (χ0v) is 11.0. The first-order valence-electron chi connectivity index (χ1n) is 5.88. The standard InChI is InChI=1S/C13H12ClN3O2/c1-17-12(8(14)6-16-17)13(18)11-7-15-9-4-2-3-5-10(9)19-11/h2-6,11,15H,7H2,1H3. The lowest BCUT2D eigenvalue weighted by Crippen LogP contribution is -2.38. The summed E-state index contributed by atoms with van der Waals surface area (Å²) in [6, 6.07) is 7.51. The zero-order chi connectivity index (χ0) is 13.4. The highest BCUT2D eigenvalue weighted by molar-refractivity contribution is 6.33. The number of carbonyl (C=O) groups is 1. The highest BCUT2D eigenvalue weighted by Gasteiger charge is 2.30. The first kappa shape index (κ1) is 12.0. The Balaban J connectivity index is 1.88. The third kappa shape index (κ3) is 2.06. The number of ketones is 1. The van der Waals surface area contributed by atoms with Gasteiger partial charge < -0.3 is 10.1 Å². The second-order valence-electron chi connectivity index (χ2n) is 4.31. The van der Waals surface area contributed by atoms with Gasteiger partial charge in [0, 0.05) is 7.05 Å². The van der Waals surface area contributed by atoms with Crippen LogP contribution in [0.4, 0.5) is 5.69 Å². The Morgan fingerprint density at radius 1 is 1.53 bits per heavy atom. The van der Waals surface area contributed by atoms with E-state index in [1.165, 1.54) is 10.9 Å². The second-order valence-corrected chi connectivity index (χ2v) is 4.72. The van der Waals surface area contributed by atoms with E-state index in [1.807, 2.05) is 24.3 Å². The smallest absolute Gasteiger partial charge is 0.224 e. The van der Waals surface area contributed by atoms with Crippen molar-refractivity contribution in [3.63, 3.8) is 0 Å². The van der Waals surface area contributed by atoms with Crippen molar-refractivity contribution in [2.45, 2.75) is 6.10 Å². The van der Waals surface area contributed by atoms with Gasteiger partial charge in [-0.25, -0.2) is 0 Å². The van der Waals surface area contributed by atoms with Crippen molar-refractivity contribution in [1.82, 2.24) is 9.78 Å². The Kier molecular flexibility index (Phi) is 2.91. The molecule has 0 spiro atoms. The molecule has 0 bridgehead atoms. The van der Waals surface area contributed by atoms with Gasteiger partial charge in [0.1, 0.15) is 11.4 Å². The number of aryl methyl sites for hydroxylation is 1. The number of halogens is 1. The molecule has 0 saturated carbocycles. The first-order chi connectivity index (χ1) is 9.16. The lowest BCUT2D eigenvalue weighted by Gasteiger charge is -2.26. The minimum Gasteiger partial charge on any atom is -0.478 e. The molecule has 5 nitrogen and oxygen atoms in total. The maximum atomic E-state index is 12.4. The maximum Gasteiger partial charge on any atom is 0.224 e. The number of rotatable bonds is 2. The number of anilines is 1. The molecule has 2 aromatic rings. The number of para-hydroxylation sites is 2. The van der Waals surface area contributed by atoms with Crippen LogP contribution >= 0.6 is 11.6 Å². The second kappa shape index (κ2) is 4.59. The number of Topliss-reactive ketones (excluding diaryl/α,β-unsaturated/α-hetero) is 1. The summed E-state index contributed by atoms with van der Waals surface area (Å²) < 4.78 is 7.18. The molecule has 0 amide bonds. The molecule has 1 unspecified atom stereocenters. The molecule has 2 heterocycles. The van der Waals surface area contributed by atoms with Crippen LogP contribution in [-0.4, -0.2) is 28.2 Å². The van der Waals surface area contributed by atoms with Gasteiger partial charge in [0.05, 0.1) is 23.5 Å².